The third-order valence-corrected chi connectivity index (χ3v) is 5.18. The summed E-state index contributed by atoms with van der Waals surface area (Å²) in [6.07, 6.45) is 11.0. The fraction of sp³-hybridized carbons (Fsp3) is 0.800. The first kappa shape index (κ1) is 13.1. The molecule has 3 rings (SSSR count). The molecular formula is C15H26N4. The zero-order chi connectivity index (χ0) is 13.2. The fourth-order valence-corrected chi connectivity index (χ4v) is 4.06. The summed E-state index contributed by atoms with van der Waals surface area (Å²) in [7, 11) is 2.07. The first-order chi connectivity index (χ1) is 9.29. The zero-order valence-electron chi connectivity index (χ0n) is 12.0. The van der Waals surface area contributed by atoms with Gasteiger partial charge >= 0.3 is 0 Å². The van der Waals surface area contributed by atoms with E-state index in [0.717, 1.165) is 11.8 Å². The average molecular weight is 262 g/mol. The van der Waals surface area contributed by atoms with Gasteiger partial charge in [0.1, 0.15) is 0 Å². The van der Waals surface area contributed by atoms with Gasteiger partial charge in [0.05, 0.1) is 18.1 Å². The predicted octanol–water partition coefficient (Wildman–Crippen LogP) is 1.93. The molecule has 19 heavy (non-hydrogen) atoms. The molecule has 0 radical (unpaired) electrons. The van der Waals surface area contributed by atoms with E-state index in [1.807, 2.05) is 12.5 Å². The first-order valence-corrected chi connectivity index (χ1v) is 7.70. The molecule has 0 bridgehead atoms. The number of nitrogens with zero attached hydrogens (tertiary/aromatic N) is 3. The Hall–Kier alpha value is -0.870. The number of aryl methyl sites for hydroxylation is 1. The zero-order valence-corrected chi connectivity index (χ0v) is 12.0. The minimum absolute atomic E-state index is 0.343. The highest BCUT2D eigenvalue weighted by molar-refractivity contribution is 5.07. The summed E-state index contributed by atoms with van der Waals surface area (Å²) < 4.78 is 2.12. The topological polar surface area (TPSA) is 47.1 Å². The summed E-state index contributed by atoms with van der Waals surface area (Å²) in [5.74, 6) is 1.89. The van der Waals surface area contributed by atoms with Crippen molar-refractivity contribution in [1.29, 1.82) is 0 Å². The second-order valence-corrected chi connectivity index (χ2v) is 6.27. The molecule has 3 atom stereocenters. The molecule has 4 nitrogen and oxygen atoms in total. The monoisotopic (exact) mass is 262 g/mol. The van der Waals surface area contributed by atoms with Crippen molar-refractivity contribution < 1.29 is 0 Å². The Morgan fingerprint density at radius 3 is 2.79 bits per heavy atom. The molecular weight excluding hydrogens is 236 g/mol. The molecule has 4 heteroatoms. The Morgan fingerprint density at radius 2 is 2.11 bits per heavy atom. The van der Waals surface area contributed by atoms with Gasteiger partial charge in [0.15, 0.2) is 0 Å². The van der Waals surface area contributed by atoms with Crippen molar-refractivity contribution >= 4 is 0 Å². The molecule has 2 fully saturated rings. The van der Waals surface area contributed by atoms with Gasteiger partial charge in [-0.05, 0) is 31.2 Å². The summed E-state index contributed by atoms with van der Waals surface area (Å²) in [4.78, 5) is 6.85. The molecule has 1 aliphatic carbocycles. The smallest absolute Gasteiger partial charge is 0.0946 e. The van der Waals surface area contributed by atoms with Gasteiger partial charge in [-0.2, -0.15) is 0 Å². The molecule has 1 aliphatic heterocycles. The normalized spacial score (nSPS) is 30.0. The fourth-order valence-electron chi connectivity index (χ4n) is 4.06. The van der Waals surface area contributed by atoms with E-state index in [1.54, 1.807) is 0 Å². The van der Waals surface area contributed by atoms with Crippen molar-refractivity contribution in [3.05, 3.63) is 18.2 Å². The number of imidazole rings is 1. The van der Waals surface area contributed by atoms with Gasteiger partial charge in [-0.1, -0.05) is 19.3 Å². The summed E-state index contributed by atoms with van der Waals surface area (Å²) in [5.41, 5.74) is 7.31. The lowest BCUT2D eigenvalue weighted by Crippen LogP contribution is -2.45. The average Bonchev–Trinajstić information content (AvgIpc) is 2.86. The standard InChI is InChI=1S/C15H26N4/c1-18-11-17-9-15(18)14(8-16)19-7-6-12-4-2-3-5-13(12)10-19/h9,11-14H,2-8,10,16H2,1H3. The Kier molecular flexibility index (Phi) is 3.89. The Labute approximate surface area is 116 Å². The van der Waals surface area contributed by atoms with Crippen LogP contribution in [0.2, 0.25) is 0 Å². The number of hydrogen-bond acceptors (Lipinski definition) is 3. The van der Waals surface area contributed by atoms with Crippen molar-refractivity contribution in [3.63, 3.8) is 0 Å². The van der Waals surface area contributed by atoms with Crippen LogP contribution in [-0.4, -0.2) is 34.1 Å². The van der Waals surface area contributed by atoms with E-state index in [4.69, 9.17) is 5.73 Å². The highest BCUT2D eigenvalue weighted by Gasteiger charge is 2.34. The van der Waals surface area contributed by atoms with Gasteiger partial charge in [0.2, 0.25) is 0 Å². The van der Waals surface area contributed by atoms with Gasteiger partial charge in [-0.15, -0.1) is 0 Å². The number of hydrogen-bond donors (Lipinski definition) is 1. The minimum atomic E-state index is 0.343. The maximum atomic E-state index is 6.05. The van der Waals surface area contributed by atoms with Gasteiger partial charge in [-0.3, -0.25) is 4.90 Å². The molecule has 1 saturated heterocycles. The van der Waals surface area contributed by atoms with Crippen LogP contribution in [0.15, 0.2) is 12.5 Å². The minimum Gasteiger partial charge on any atom is -0.336 e. The van der Waals surface area contributed by atoms with Crippen LogP contribution >= 0.6 is 0 Å². The maximum Gasteiger partial charge on any atom is 0.0946 e. The van der Waals surface area contributed by atoms with E-state index in [0.29, 0.717) is 12.6 Å². The van der Waals surface area contributed by atoms with Crippen LogP contribution in [-0.2, 0) is 7.05 Å². The number of aromatic nitrogens is 2. The molecule has 1 saturated carbocycles. The third-order valence-electron chi connectivity index (χ3n) is 5.18. The van der Waals surface area contributed by atoms with Crippen LogP contribution in [0.1, 0.15) is 43.8 Å². The summed E-state index contributed by atoms with van der Waals surface area (Å²) in [6, 6.07) is 0.343. The van der Waals surface area contributed by atoms with Crippen molar-refractivity contribution in [2.75, 3.05) is 19.6 Å². The predicted molar refractivity (Wildman–Crippen MR) is 76.6 cm³/mol. The lowest BCUT2D eigenvalue weighted by atomic mass is 9.75. The Bertz CT molecular complexity index is 414. The van der Waals surface area contributed by atoms with Gasteiger partial charge in [0, 0.05) is 26.3 Å². The van der Waals surface area contributed by atoms with Crippen LogP contribution in [0.3, 0.4) is 0 Å². The van der Waals surface area contributed by atoms with E-state index in [9.17, 15) is 0 Å². The Balaban J connectivity index is 1.72. The lowest BCUT2D eigenvalue weighted by Gasteiger charge is -2.44. The molecule has 1 aromatic rings. The van der Waals surface area contributed by atoms with Crippen LogP contribution in [0.5, 0.6) is 0 Å². The molecule has 0 aromatic carbocycles. The highest BCUT2D eigenvalue weighted by Crippen LogP contribution is 2.38. The van der Waals surface area contributed by atoms with E-state index < -0.39 is 0 Å². The van der Waals surface area contributed by atoms with Crippen LogP contribution in [0.4, 0.5) is 0 Å². The van der Waals surface area contributed by atoms with E-state index in [-0.39, 0.29) is 0 Å². The van der Waals surface area contributed by atoms with Crippen LogP contribution in [0.25, 0.3) is 0 Å². The molecule has 0 amide bonds. The first-order valence-electron chi connectivity index (χ1n) is 7.70. The number of nitrogens with two attached hydrogens (primary N) is 1. The van der Waals surface area contributed by atoms with E-state index >= 15 is 0 Å². The Morgan fingerprint density at radius 1 is 1.32 bits per heavy atom. The number of likely N-dealkylation sites (tertiary alicyclic amines) is 1. The van der Waals surface area contributed by atoms with Crippen molar-refractivity contribution in [2.24, 2.45) is 24.6 Å². The number of rotatable bonds is 3. The molecule has 2 heterocycles. The third kappa shape index (κ3) is 2.56. The SMILES string of the molecule is Cn1cncc1C(CN)N1CCC2CCCCC2C1. The highest BCUT2D eigenvalue weighted by atomic mass is 15.2. The molecule has 2 aliphatic rings. The summed E-state index contributed by atoms with van der Waals surface area (Å²) in [5, 5.41) is 0. The van der Waals surface area contributed by atoms with E-state index in [2.05, 4.69) is 21.5 Å². The lowest BCUT2D eigenvalue weighted by molar-refractivity contribution is 0.0565. The van der Waals surface area contributed by atoms with Crippen LogP contribution < -0.4 is 5.73 Å². The quantitative estimate of drug-likeness (QED) is 0.905. The molecule has 3 unspecified atom stereocenters. The van der Waals surface area contributed by atoms with Gasteiger partial charge in [-0.25, -0.2) is 4.98 Å². The second-order valence-electron chi connectivity index (χ2n) is 6.27. The summed E-state index contributed by atoms with van der Waals surface area (Å²) in [6.45, 7) is 3.13. The van der Waals surface area contributed by atoms with Gasteiger partial charge in [0.25, 0.3) is 0 Å². The summed E-state index contributed by atoms with van der Waals surface area (Å²) >= 11 is 0. The number of piperidine rings is 1. The second kappa shape index (κ2) is 5.63. The van der Waals surface area contributed by atoms with Crippen molar-refractivity contribution in [2.45, 2.75) is 38.1 Å². The molecule has 0 spiro atoms. The van der Waals surface area contributed by atoms with Gasteiger partial charge < -0.3 is 10.3 Å². The van der Waals surface area contributed by atoms with E-state index in [1.165, 1.54) is 50.9 Å². The largest absolute Gasteiger partial charge is 0.336 e. The maximum absolute atomic E-state index is 6.05. The molecule has 1 aromatic heterocycles. The molecule has 106 valence electrons. The number of fused-ring (bicyclic) bond motifs is 1. The van der Waals surface area contributed by atoms with Crippen molar-refractivity contribution in [3.8, 4) is 0 Å². The van der Waals surface area contributed by atoms with Crippen molar-refractivity contribution in [1.82, 2.24) is 14.5 Å². The van der Waals surface area contributed by atoms with Crippen LogP contribution in [0, 0.1) is 11.8 Å². The molecule has 2 N–H and O–H groups in total.